The van der Waals surface area contributed by atoms with Crippen molar-refractivity contribution in [3.8, 4) is 22.6 Å². The second-order valence-electron chi connectivity index (χ2n) is 3.68. The fourth-order valence-electron chi connectivity index (χ4n) is 1.63. The van der Waals surface area contributed by atoms with Gasteiger partial charge in [0.2, 0.25) is 0 Å². The van der Waals surface area contributed by atoms with Gasteiger partial charge in [0, 0.05) is 11.1 Å². The van der Waals surface area contributed by atoms with Crippen LogP contribution >= 0.6 is 0 Å². The van der Waals surface area contributed by atoms with Gasteiger partial charge in [-0.2, -0.15) is 0 Å². The van der Waals surface area contributed by atoms with Gasteiger partial charge >= 0.3 is 6.36 Å². The molecule has 19 heavy (non-hydrogen) atoms. The molecule has 0 aliphatic carbocycles. The maximum atomic E-state index is 13.7. The van der Waals surface area contributed by atoms with Crippen LogP contribution in [0.25, 0.3) is 11.1 Å². The minimum Gasteiger partial charge on any atom is -0.505 e. The molecule has 2 nitrogen and oxygen atoms in total. The van der Waals surface area contributed by atoms with E-state index >= 15 is 0 Å². The van der Waals surface area contributed by atoms with E-state index in [1.165, 1.54) is 30.3 Å². The summed E-state index contributed by atoms with van der Waals surface area (Å²) in [6.07, 6.45) is -4.87. The second kappa shape index (κ2) is 4.79. The Labute approximate surface area is 105 Å². The van der Waals surface area contributed by atoms with Crippen LogP contribution in [0, 0.1) is 5.82 Å². The molecular formula is C13H8F4O2. The van der Waals surface area contributed by atoms with Crippen molar-refractivity contribution < 1.29 is 27.4 Å². The summed E-state index contributed by atoms with van der Waals surface area (Å²) >= 11 is 0. The summed E-state index contributed by atoms with van der Waals surface area (Å²) in [5.41, 5.74) is -0.256. The van der Waals surface area contributed by atoms with Crippen molar-refractivity contribution in [3.63, 3.8) is 0 Å². The first kappa shape index (κ1) is 13.2. The first-order valence-corrected chi connectivity index (χ1v) is 5.21. The Morgan fingerprint density at radius 1 is 0.895 bits per heavy atom. The molecule has 0 aliphatic rings. The number of rotatable bonds is 2. The van der Waals surface area contributed by atoms with E-state index in [4.69, 9.17) is 0 Å². The lowest BCUT2D eigenvalue weighted by atomic mass is 10.0. The van der Waals surface area contributed by atoms with Gasteiger partial charge in [0.05, 0.1) is 0 Å². The summed E-state index contributed by atoms with van der Waals surface area (Å²) in [4.78, 5) is 0. The predicted molar refractivity (Wildman–Crippen MR) is 60.2 cm³/mol. The molecule has 0 atom stereocenters. The molecule has 6 heteroatoms. The summed E-state index contributed by atoms with van der Waals surface area (Å²) in [6.45, 7) is 0. The Kier molecular flexibility index (Phi) is 3.33. The topological polar surface area (TPSA) is 29.5 Å². The lowest BCUT2D eigenvalue weighted by molar-refractivity contribution is -0.274. The van der Waals surface area contributed by atoms with Gasteiger partial charge < -0.3 is 9.84 Å². The highest BCUT2D eigenvalue weighted by molar-refractivity contribution is 5.72. The number of phenolic OH excluding ortho intramolecular Hbond substituents is 1. The lowest BCUT2D eigenvalue weighted by Crippen LogP contribution is -2.17. The third-order valence-electron chi connectivity index (χ3n) is 2.38. The van der Waals surface area contributed by atoms with Crippen LogP contribution in [-0.4, -0.2) is 11.5 Å². The molecule has 0 amide bonds. The average molecular weight is 272 g/mol. The quantitative estimate of drug-likeness (QED) is 0.834. The number of hydrogen-bond donors (Lipinski definition) is 1. The van der Waals surface area contributed by atoms with E-state index in [1.807, 2.05) is 0 Å². The smallest absolute Gasteiger partial charge is 0.505 e. The van der Waals surface area contributed by atoms with Crippen LogP contribution in [0.4, 0.5) is 17.6 Å². The van der Waals surface area contributed by atoms with Crippen molar-refractivity contribution >= 4 is 0 Å². The van der Waals surface area contributed by atoms with Gasteiger partial charge in [-0.3, -0.25) is 0 Å². The molecular weight excluding hydrogens is 264 g/mol. The van der Waals surface area contributed by atoms with Crippen molar-refractivity contribution in [1.82, 2.24) is 0 Å². The third kappa shape index (κ3) is 2.96. The Balaban J connectivity index is 2.54. The fourth-order valence-corrected chi connectivity index (χ4v) is 1.63. The number of hydrogen-bond acceptors (Lipinski definition) is 2. The molecule has 0 fully saturated rings. The summed E-state index contributed by atoms with van der Waals surface area (Å²) in [7, 11) is 0. The second-order valence-corrected chi connectivity index (χ2v) is 3.68. The van der Waals surface area contributed by atoms with E-state index in [1.54, 1.807) is 0 Å². The summed E-state index contributed by atoms with van der Waals surface area (Å²) in [5.74, 6) is -2.17. The fraction of sp³-hybridized carbons (Fsp3) is 0.0769. The molecule has 1 N–H and O–H groups in total. The number of benzene rings is 2. The zero-order valence-corrected chi connectivity index (χ0v) is 9.41. The molecule has 100 valence electrons. The highest BCUT2D eigenvalue weighted by atomic mass is 19.4. The number of alkyl halides is 3. The normalized spacial score (nSPS) is 11.4. The van der Waals surface area contributed by atoms with Crippen molar-refractivity contribution in [3.05, 3.63) is 48.3 Å². The van der Waals surface area contributed by atoms with Gasteiger partial charge in [0.15, 0.2) is 11.6 Å². The predicted octanol–water partition coefficient (Wildman–Crippen LogP) is 4.10. The largest absolute Gasteiger partial charge is 0.573 e. The minimum atomic E-state index is -4.87. The maximum Gasteiger partial charge on any atom is 0.573 e. The Morgan fingerprint density at radius 2 is 1.53 bits per heavy atom. The number of ether oxygens (including phenoxy) is 1. The van der Waals surface area contributed by atoms with Gasteiger partial charge in [0.25, 0.3) is 0 Å². The minimum absolute atomic E-state index is 0.0896. The number of phenols is 1. The molecule has 0 bridgehead atoms. The first-order chi connectivity index (χ1) is 8.88. The Morgan fingerprint density at radius 3 is 2.21 bits per heavy atom. The molecule has 0 radical (unpaired) electrons. The van der Waals surface area contributed by atoms with Crippen LogP contribution in [0.2, 0.25) is 0 Å². The van der Waals surface area contributed by atoms with Crippen LogP contribution in [0.5, 0.6) is 11.5 Å². The van der Waals surface area contributed by atoms with Crippen LogP contribution in [-0.2, 0) is 0 Å². The van der Waals surface area contributed by atoms with Gasteiger partial charge in [-0.25, -0.2) is 4.39 Å². The molecule has 2 rings (SSSR count). The van der Waals surface area contributed by atoms with Crippen LogP contribution < -0.4 is 4.74 Å². The highest BCUT2D eigenvalue weighted by Crippen LogP contribution is 2.36. The van der Waals surface area contributed by atoms with Gasteiger partial charge in [0.1, 0.15) is 5.75 Å². The molecule has 0 spiro atoms. The molecule has 0 saturated carbocycles. The number of para-hydroxylation sites is 1. The van der Waals surface area contributed by atoms with Crippen molar-refractivity contribution in [2.24, 2.45) is 0 Å². The van der Waals surface area contributed by atoms with E-state index < -0.39 is 23.7 Å². The van der Waals surface area contributed by atoms with Crippen molar-refractivity contribution in [2.75, 3.05) is 0 Å². The molecule has 2 aromatic carbocycles. The number of halogens is 4. The summed E-state index contributed by atoms with van der Waals surface area (Å²) < 4.78 is 54.3. The third-order valence-corrected chi connectivity index (χ3v) is 2.38. The lowest BCUT2D eigenvalue weighted by Gasteiger charge is -2.13. The summed E-state index contributed by atoms with van der Waals surface area (Å²) in [5, 5.41) is 9.25. The Bertz CT molecular complexity index is 593. The van der Waals surface area contributed by atoms with E-state index in [0.29, 0.717) is 0 Å². The standard InChI is InChI=1S/C13H8F4O2/c14-12-9(5-3-6-10(12)18)8-4-1-2-7-11(8)19-13(15,16)17/h1-7,18H. The van der Waals surface area contributed by atoms with Gasteiger partial charge in [-0.15, -0.1) is 13.2 Å². The van der Waals surface area contributed by atoms with Gasteiger partial charge in [-0.1, -0.05) is 30.3 Å². The first-order valence-electron chi connectivity index (χ1n) is 5.21. The Hall–Kier alpha value is -2.24. The molecule has 0 aliphatic heterocycles. The zero-order chi connectivity index (χ0) is 14.0. The molecule has 0 saturated heterocycles. The SMILES string of the molecule is Oc1cccc(-c2ccccc2OC(F)(F)F)c1F. The molecule has 0 unspecified atom stereocenters. The van der Waals surface area contributed by atoms with E-state index in [2.05, 4.69) is 4.74 Å². The van der Waals surface area contributed by atoms with Gasteiger partial charge in [-0.05, 0) is 12.1 Å². The maximum absolute atomic E-state index is 13.7. The van der Waals surface area contributed by atoms with Crippen molar-refractivity contribution in [2.45, 2.75) is 6.36 Å². The average Bonchev–Trinajstić information content (AvgIpc) is 2.32. The number of aromatic hydroxyl groups is 1. The van der Waals surface area contributed by atoms with Crippen LogP contribution in [0.3, 0.4) is 0 Å². The van der Waals surface area contributed by atoms with Crippen molar-refractivity contribution in [1.29, 1.82) is 0 Å². The van der Waals surface area contributed by atoms with E-state index in [0.717, 1.165) is 12.1 Å². The van der Waals surface area contributed by atoms with E-state index in [9.17, 15) is 22.7 Å². The van der Waals surface area contributed by atoms with Crippen LogP contribution in [0.1, 0.15) is 0 Å². The van der Waals surface area contributed by atoms with E-state index in [-0.39, 0.29) is 11.1 Å². The van der Waals surface area contributed by atoms with Crippen LogP contribution in [0.15, 0.2) is 42.5 Å². The summed E-state index contributed by atoms with van der Waals surface area (Å²) in [6, 6.07) is 8.83. The molecule has 0 aromatic heterocycles. The monoisotopic (exact) mass is 272 g/mol. The highest BCUT2D eigenvalue weighted by Gasteiger charge is 2.32. The molecule has 0 heterocycles. The molecule has 2 aromatic rings. The zero-order valence-electron chi connectivity index (χ0n) is 9.41.